The van der Waals surface area contributed by atoms with Gasteiger partial charge in [0.2, 0.25) is 0 Å². The number of amides is 2. The number of aliphatic imine (C=N–C) groups is 1. The Morgan fingerprint density at radius 3 is 1.90 bits per heavy atom. The second kappa shape index (κ2) is 7.41. The van der Waals surface area contributed by atoms with E-state index in [4.69, 9.17) is 0 Å². The number of nitrogens with one attached hydrogen (secondary N) is 1. The maximum absolute atomic E-state index is 13.5. The zero-order chi connectivity index (χ0) is 21.3. The van der Waals surface area contributed by atoms with E-state index < -0.39 is 29.9 Å². The lowest BCUT2D eigenvalue weighted by atomic mass is 10.1. The quantitative estimate of drug-likeness (QED) is 0.734. The number of halogens is 6. The second-order valence-electron chi connectivity index (χ2n) is 6.32. The number of carbonyl (C=O) groups is 1. The third-order valence-electron chi connectivity index (χ3n) is 4.38. The van der Waals surface area contributed by atoms with Crippen LogP contribution in [-0.4, -0.2) is 41.3 Å². The molecule has 0 unspecified atom stereocenters. The van der Waals surface area contributed by atoms with Gasteiger partial charge in [0.25, 0.3) is 0 Å². The van der Waals surface area contributed by atoms with Crippen molar-refractivity contribution >= 4 is 11.9 Å². The fraction of sp³-hybridized carbons (Fsp3) is 0.263. The van der Waals surface area contributed by atoms with Gasteiger partial charge >= 0.3 is 24.0 Å². The Hall–Kier alpha value is -3.04. The first kappa shape index (κ1) is 20.7. The molecule has 0 aromatic heterocycles. The number of urea groups is 1. The number of hydrogen-bond donors (Lipinski definition) is 1. The van der Waals surface area contributed by atoms with Crippen molar-refractivity contribution in [3.8, 4) is 0 Å². The summed E-state index contributed by atoms with van der Waals surface area (Å²) in [6.45, 7) is -0.157. The van der Waals surface area contributed by atoms with E-state index in [1.807, 2.05) is 0 Å². The monoisotopic (exact) mass is 415 g/mol. The molecule has 0 bridgehead atoms. The van der Waals surface area contributed by atoms with Gasteiger partial charge in [-0.25, -0.2) is 9.79 Å². The summed E-state index contributed by atoms with van der Waals surface area (Å²) in [4.78, 5) is 16.3. The molecule has 0 spiro atoms. The van der Waals surface area contributed by atoms with Gasteiger partial charge in [0.15, 0.2) is 0 Å². The van der Waals surface area contributed by atoms with Crippen LogP contribution in [0.5, 0.6) is 0 Å². The number of amidine groups is 1. The van der Waals surface area contributed by atoms with E-state index in [1.165, 1.54) is 24.3 Å². The fourth-order valence-electron chi connectivity index (χ4n) is 2.90. The molecule has 0 atom stereocenters. The zero-order valence-corrected chi connectivity index (χ0v) is 14.8. The normalized spacial score (nSPS) is 17.0. The Kier molecular flexibility index (Phi) is 5.29. The Labute approximate surface area is 161 Å². The maximum atomic E-state index is 13.5. The fourth-order valence-corrected chi connectivity index (χ4v) is 2.90. The summed E-state index contributed by atoms with van der Waals surface area (Å²) in [5.74, 6) is -0.695. The molecule has 1 aliphatic rings. The number of hydrogen-bond acceptors (Lipinski definition) is 2. The van der Waals surface area contributed by atoms with Crippen molar-refractivity contribution < 1.29 is 31.1 Å². The van der Waals surface area contributed by atoms with Gasteiger partial charge in [-0.1, -0.05) is 60.7 Å². The number of nitrogens with zero attached hydrogens (tertiary/aromatic N) is 2. The van der Waals surface area contributed by atoms with Crippen molar-refractivity contribution in [3.05, 3.63) is 71.8 Å². The molecule has 2 amide bonds. The third kappa shape index (κ3) is 3.92. The molecule has 29 heavy (non-hydrogen) atoms. The molecule has 0 saturated carbocycles. The average molecular weight is 415 g/mol. The highest BCUT2D eigenvalue weighted by Crippen LogP contribution is 2.46. The highest BCUT2D eigenvalue weighted by molar-refractivity contribution is 6.09. The van der Waals surface area contributed by atoms with Gasteiger partial charge in [0.1, 0.15) is 5.84 Å². The SMILES string of the molecule is O=C1NC(C(F)(F)F)(C(F)(F)F)N=C(c2ccccc2)N1CCc1ccccc1. The number of alkyl halides is 6. The van der Waals surface area contributed by atoms with Crippen LogP contribution >= 0.6 is 0 Å². The zero-order valence-electron chi connectivity index (χ0n) is 14.8. The van der Waals surface area contributed by atoms with Crippen LogP contribution < -0.4 is 5.32 Å². The second-order valence-corrected chi connectivity index (χ2v) is 6.32. The highest BCUT2D eigenvalue weighted by atomic mass is 19.4. The van der Waals surface area contributed by atoms with Gasteiger partial charge in [-0.15, -0.1) is 0 Å². The lowest BCUT2D eigenvalue weighted by Gasteiger charge is -2.41. The van der Waals surface area contributed by atoms with E-state index >= 15 is 0 Å². The van der Waals surface area contributed by atoms with Crippen LogP contribution in [0.2, 0.25) is 0 Å². The summed E-state index contributed by atoms with van der Waals surface area (Å²) in [6, 6.07) is 14.2. The Bertz CT molecular complexity index is 880. The van der Waals surface area contributed by atoms with Crippen LogP contribution in [0.15, 0.2) is 65.7 Å². The van der Waals surface area contributed by atoms with Crippen LogP contribution in [0.25, 0.3) is 0 Å². The number of rotatable bonds is 4. The first-order valence-corrected chi connectivity index (χ1v) is 8.47. The van der Waals surface area contributed by atoms with Crippen molar-refractivity contribution in [3.63, 3.8) is 0 Å². The van der Waals surface area contributed by atoms with E-state index in [2.05, 4.69) is 4.99 Å². The van der Waals surface area contributed by atoms with Gasteiger partial charge in [-0.3, -0.25) is 10.2 Å². The average Bonchev–Trinajstić information content (AvgIpc) is 2.66. The molecule has 1 aliphatic heterocycles. The summed E-state index contributed by atoms with van der Waals surface area (Å²) >= 11 is 0. The first-order valence-electron chi connectivity index (χ1n) is 8.47. The molecule has 0 saturated heterocycles. The lowest BCUT2D eigenvalue weighted by Crippen LogP contribution is -2.71. The Morgan fingerprint density at radius 2 is 1.38 bits per heavy atom. The van der Waals surface area contributed by atoms with E-state index in [0.717, 1.165) is 15.8 Å². The highest BCUT2D eigenvalue weighted by Gasteiger charge is 2.74. The third-order valence-corrected chi connectivity index (χ3v) is 4.38. The van der Waals surface area contributed by atoms with Gasteiger partial charge in [-0.2, -0.15) is 26.3 Å². The molecule has 10 heteroatoms. The molecule has 1 N–H and O–H groups in total. The van der Waals surface area contributed by atoms with Crippen molar-refractivity contribution in [2.75, 3.05) is 6.54 Å². The summed E-state index contributed by atoms with van der Waals surface area (Å²) in [7, 11) is 0. The standard InChI is InChI=1S/C19H15F6N3O/c20-18(21,22)17(19(23,24)25)26-15(14-9-5-2-6-10-14)28(16(29)27-17)12-11-13-7-3-1-4-8-13/h1-10H,11-12H2,(H,27,29). The Morgan fingerprint density at radius 1 is 0.862 bits per heavy atom. The molecular weight excluding hydrogens is 400 g/mol. The minimum atomic E-state index is -5.88. The smallest absolute Gasteiger partial charge is 0.298 e. The van der Waals surface area contributed by atoms with E-state index in [9.17, 15) is 31.1 Å². The molecule has 4 nitrogen and oxygen atoms in total. The molecule has 2 aromatic rings. The predicted octanol–water partition coefficient (Wildman–Crippen LogP) is 4.52. The van der Waals surface area contributed by atoms with Crippen molar-refractivity contribution in [1.82, 2.24) is 10.2 Å². The molecule has 3 rings (SSSR count). The topological polar surface area (TPSA) is 44.7 Å². The van der Waals surface area contributed by atoms with Crippen LogP contribution in [-0.2, 0) is 6.42 Å². The molecule has 2 aromatic carbocycles. The van der Waals surface area contributed by atoms with Crippen molar-refractivity contribution in [2.45, 2.75) is 24.4 Å². The number of carbonyl (C=O) groups excluding carboxylic acids is 1. The van der Waals surface area contributed by atoms with Gasteiger partial charge in [-0.05, 0) is 12.0 Å². The minimum absolute atomic E-state index is 0.0340. The summed E-state index contributed by atoms with van der Waals surface area (Å²) in [6.07, 6.45) is -11.6. The first-order chi connectivity index (χ1) is 13.6. The molecular formula is C19H15F6N3O. The van der Waals surface area contributed by atoms with Gasteiger partial charge < -0.3 is 0 Å². The molecule has 1 heterocycles. The summed E-state index contributed by atoms with van der Waals surface area (Å²) in [5.41, 5.74) is -3.99. The summed E-state index contributed by atoms with van der Waals surface area (Å²) in [5, 5.41) is 1.05. The summed E-state index contributed by atoms with van der Waals surface area (Å²) < 4.78 is 80.8. The van der Waals surface area contributed by atoms with E-state index in [1.54, 1.807) is 36.4 Å². The lowest BCUT2D eigenvalue weighted by molar-refractivity contribution is -0.302. The van der Waals surface area contributed by atoms with Crippen molar-refractivity contribution in [1.29, 1.82) is 0 Å². The van der Waals surface area contributed by atoms with E-state index in [0.29, 0.717) is 0 Å². The van der Waals surface area contributed by atoms with E-state index in [-0.39, 0.29) is 18.5 Å². The van der Waals surface area contributed by atoms with Gasteiger partial charge in [0, 0.05) is 12.1 Å². The minimum Gasteiger partial charge on any atom is -0.298 e. The molecule has 0 aliphatic carbocycles. The Balaban J connectivity index is 2.09. The van der Waals surface area contributed by atoms with Crippen LogP contribution in [0.1, 0.15) is 11.1 Å². The molecule has 0 radical (unpaired) electrons. The largest absolute Gasteiger partial charge is 0.441 e. The maximum Gasteiger partial charge on any atom is 0.441 e. The van der Waals surface area contributed by atoms with Gasteiger partial charge in [0.05, 0.1) is 0 Å². The van der Waals surface area contributed by atoms with Crippen molar-refractivity contribution in [2.24, 2.45) is 4.99 Å². The predicted molar refractivity (Wildman–Crippen MR) is 93.2 cm³/mol. The van der Waals surface area contributed by atoms with Crippen LogP contribution in [0, 0.1) is 0 Å². The molecule has 0 fully saturated rings. The van der Waals surface area contributed by atoms with Crippen LogP contribution in [0.4, 0.5) is 31.1 Å². The molecule has 154 valence electrons. The number of benzene rings is 2. The van der Waals surface area contributed by atoms with Crippen LogP contribution in [0.3, 0.4) is 0 Å².